The van der Waals surface area contributed by atoms with Crippen LogP contribution in [0, 0.1) is 6.92 Å². The summed E-state index contributed by atoms with van der Waals surface area (Å²) < 4.78 is 5.71. The summed E-state index contributed by atoms with van der Waals surface area (Å²) in [5.74, 6) is -0.135. The van der Waals surface area contributed by atoms with Gasteiger partial charge in [0.2, 0.25) is 5.91 Å². The molecule has 1 amide bonds. The predicted molar refractivity (Wildman–Crippen MR) is 98.3 cm³/mol. The van der Waals surface area contributed by atoms with Crippen LogP contribution < -0.4 is 5.32 Å². The molecule has 0 radical (unpaired) electrons. The standard InChI is InChI=1S/C17H18N2O3S2/c1-3-22-16(21)9-6-13-4-7-14(8-5-13)19-15(20)11-24-17-18-12(2)10-23-17/h4-10H,3,11H2,1-2H3,(H,19,20). The van der Waals surface area contributed by atoms with E-state index in [1.807, 2.05) is 24.4 Å². The number of benzene rings is 1. The number of hydrogen-bond acceptors (Lipinski definition) is 6. The van der Waals surface area contributed by atoms with Crippen molar-refractivity contribution in [2.24, 2.45) is 0 Å². The molecule has 0 aliphatic carbocycles. The molecule has 0 fully saturated rings. The van der Waals surface area contributed by atoms with Gasteiger partial charge in [-0.05, 0) is 37.6 Å². The van der Waals surface area contributed by atoms with Gasteiger partial charge in [0.25, 0.3) is 0 Å². The topological polar surface area (TPSA) is 68.3 Å². The summed E-state index contributed by atoms with van der Waals surface area (Å²) in [5.41, 5.74) is 2.53. The third kappa shape index (κ3) is 6.17. The average molecular weight is 362 g/mol. The minimum absolute atomic E-state index is 0.0809. The van der Waals surface area contributed by atoms with E-state index in [1.54, 1.807) is 25.1 Å². The molecule has 1 N–H and O–H groups in total. The first-order chi connectivity index (χ1) is 11.6. The lowest BCUT2D eigenvalue weighted by atomic mass is 10.2. The number of carbonyl (C=O) groups excluding carboxylic acids is 2. The molecule has 1 aromatic carbocycles. The zero-order valence-electron chi connectivity index (χ0n) is 13.4. The first-order valence-electron chi connectivity index (χ1n) is 7.36. The molecule has 126 valence electrons. The van der Waals surface area contributed by atoms with Crippen molar-refractivity contribution in [2.45, 2.75) is 18.2 Å². The Morgan fingerprint density at radius 2 is 2.08 bits per heavy atom. The molecule has 1 heterocycles. The molecule has 0 unspecified atom stereocenters. The van der Waals surface area contributed by atoms with Crippen LogP contribution >= 0.6 is 23.1 Å². The molecular formula is C17H18N2O3S2. The Labute approximate surface area is 149 Å². The molecule has 0 aliphatic rings. The molecular weight excluding hydrogens is 344 g/mol. The van der Waals surface area contributed by atoms with E-state index in [0.717, 1.165) is 15.6 Å². The van der Waals surface area contributed by atoms with E-state index in [-0.39, 0.29) is 11.9 Å². The Bertz CT molecular complexity index is 724. The number of nitrogens with one attached hydrogen (secondary N) is 1. The highest BCUT2D eigenvalue weighted by atomic mass is 32.2. The summed E-state index contributed by atoms with van der Waals surface area (Å²) >= 11 is 2.96. The summed E-state index contributed by atoms with van der Waals surface area (Å²) in [7, 11) is 0. The number of rotatable bonds is 7. The second-order valence-electron chi connectivity index (χ2n) is 4.80. The van der Waals surface area contributed by atoms with E-state index in [9.17, 15) is 9.59 Å². The normalized spacial score (nSPS) is 10.8. The van der Waals surface area contributed by atoms with Crippen LogP contribution in [0.5, 0.6) is 0 Å². The molecule has 0 bridgehead atoms. The number of anilines is 1. The second-order valence-corrected chi connectivity index (χ2v) is 6.88. The van der Waals surface area contributed by atoms with Crippen molar-refractivity contribution in [2.75, 3.05) is 17.7 Å². The number of hydrogen-bond donors (Lipinski definition) is 1. The number of thioether (sulfide) groups is 1. The molecule has 2 aromatic rings. The molecule has 1 aromatic heterocycles. The fraction of sp³-hybridized carbons (Fsp3) is 0.235. The quantitative estimate of drug-likeness (QED) is 0.461. The highest BCUT2D eigenvalue weighted by Gasteiger charge is 2.06. The zero-order chi connectivity index (χ0) is 17.4. The van der Waals surface area contributed by atoms with Crippen LogP contribution in [0.4, 0.5) is 5.69 Å². The van der Waals surface area contributed by atoms with Crippen LogP contribution in [-0.4, -0.2) is 29.2 Å². The van der Waals surface area contributed by atoms with Crippen LogP contribution in [0.2, 0.25) is 0 Å². The van der Waals surface area contributed by atoms with Gasteiger partial charge in [-0.15, -0.1) is 11.3 Å². The van der Waals surface area contributed by atoms with Gasteiger partial charge in [0.1, 0.15) is 0 Å². The Balaban J connectivity index is 1.82. The fourth-order valence-electron chi connectivity index (χ4n) is 1.76. The van der Waals surface area contributed by atoms with Crippen molar-refractivity contribution < 1.29 is 14.3 Å². The summed E-state index contributed by atoms with van der Waals surface area (Å²) in [6, 6.07) is 7.23. The Hall–Kier alpha value is -2.12. The summed E-state index contributed by atoms with van der Waals surface area (Å²) in [6.07, 6.45) is 3.05. The molecule has 7 heteroatoms. The van der Waals surface area contributed by atoms with Gasteiger partial charge in [-0.3, -0.25) is 4.79 Å². The number of amides is 1. The molecule has 24 heavy (non-hydrogen) atoms. The van der Waals surface area contributed by atoms with Crippen molar-refractivity contribution >= 4 is 46.7 Å². The van der Waals surface area contributed by atoms with Crippen molar-refractivity contribution in [3.05, 3.63) is 47.0 Å². The van der Waals surface area contributed by atoms with Gasteiger partial charge in [0.05, 0.1) is 12.4 Å². The van der Waals surface area contributed by atoms with E-state index in [4.69, 9.17) is 4.74 Å². The highest BCUT2D eigenvalue weighted by Crippen LogP contribution is 2.22. The molecule has 0 atom stereocenters. The maximum Gasteiger partial charge on any atom is 0.330 e. The maximum atomic E-state index is 11.9. The van der Waals surface area contributed by atoms with E-state index in [2.05, 4.69) is 10.3 Å². The van der Waals surface area contributed by atoms with Crippen molar-refractivity contribution in [1.82, 2.24) is 4.98 Å². The number of carbonyl (C=O) groups is 2. The van der Waals surface area contributed by atoms with Gasteiger partial charge in [-0.2, -0.15) is 0 Å². The molecule has 5 nitrogen and oxygen atoms in total. The number of esters is 1. The lowest BCUT2D eigenvalue weighted by Gasteiger charge is -2.04. The van der Waals surface area contributed by atoms with Gasteiger partial charge in [-0.1, -0.05) is 23.9 Å². The minimum Gasteiger partial charge on any atom is -0.463 e. The number of aromatic nitrogens is 1. The van der Waals surface area contributed by atoms with Gasteiger partial charge >= 0.3 is 5.97 Å². The summed E-state index contributed by atoms with van der Waals surface area (Å²) in [5, 5.41) is 4.79. The van der Waals surface area contributed by atoms with Crippen molar-refractivity contribution in [3.63, 3.8) is 0 Å². The smallest absolute Gasteiger partial charge is 0.330 e. The Morgan fingerprint density at radius 1 is 1.33 bits per heavy atom. The Morgan fingerprint density at radius 3 is 2.71 bits per heavy atom. The summed E-state index contributed by atoms with van der Waals surface area (Å²) in [6.45, 7) is 4.04. The lowest BCUT2D eigenvalue weighted by Crippen LogP contribution is -2.13. The van der Waals surface area contributed by atoms with Gasteiger partial charge in [-0.25, -0.2) is 9.78 Å². The monoisotopic (exact) mass is 362 g/mol. The number of thiazole rings is 1. The Kier molecular flexibility index (Phi) is 7.02. The second kappa shape index (κ2) is 9.24. The van der Waals surface area contributed by atoms with Crippen LogP contribution in [-0.2, 0) is 14.3 Å². The number of nitrogens with zero attached hydrogens (tertiary/aromatic N) is 1. The van der Waals surface area contributed by atoms with Crippen molar-refractivity contribution in [3.8, 4) is 0 Å². The number of ether oxygens (including phenoxy) is 1. The highest BCUT2D eigenvalue weighted by molar-refractivity contribution is 8.01. The third-order valence-electron chi connectivity index (χ3n) is 2.82. The SMILES string of the molecule is CCOC(=O)C=Cc1ccc(NC(=O)CSc2nc(C)cs2)cc1. The first-order valence-corrected chi connectivity index (χ1v) is 9.23. The van der Waals surface area contributed by atoms with Gasteiger partial charge in [0.15, 0.2) is 4.34 Å². The molecule has 0 spiro atoms. The molecule has 0 saturated heterocycles. The molecule has 2 rings (SSSR count). The fourth-order valence-corrected chi connectivity index (χ4v) is 3.40. The van der Waals surface area contributed by atoms with E-state index in [1.165, 1.54) is 29.2 Å². The van der Waals surface area contributed by atoms with E-state index in [0.29, 0.717) is 18.0 Å². The predicted octanol–water partition coefficient (Wildman–Crippen LogP) is 3.76. The maximum absolute atomic E-state index is 11.9. The van der Waals surface area contributed by atoms with E-state index >= 15 is 0 Å². The zero-order valence-corrected chi connectivity index (χ0v) is 15.1. The van der Waals surface area contributed by atoms with E-state index < -0.39 is 0 Å². The summed E-state index contributed by atoms with van der Waals surface area (Å²) in [4.78, 5) is 27.5. The van der Waals surface area contributed by atoms with Crippen LogP contribution in [0.3, 0.4) is 0 Å². The van der Waals surface area contributed by atoms with Crippen LogP contribution in [0.1, 0.15) is 18.2 Å². The first kappa shape index (κ1) is 18.2. The van der Waals surface area contributed by atoms with Crippen LogP contribution in [0.25, 0.3) is 6.08 Å². The lowest BCUT2D eigenvalue weighted by molar-refractivity contribution is -0.137. The molecule has 0 saturated carbocycles. The third-order valence-corrected chi connectivity index (χ3v) is 4.96. The minimum atomic E-state index is -0.371. The number of aryl methyl sites for hydroxylation is 1. The average Bonchev–Trinajstić information content (AvgIpc) is 2.98. The van der Waals surface area contributed by atoms with Gasteiger partial charge < -0.3 is 10.1 Å². The van der Waals surface area contributed by atoms with Crippen LogP contribution in [0.15, 0.2) is 40.1 Å². The largest absolute Gasteiger partial charge is 0.463 e. The molecule has 0 aliphatic heterocycles. The van der Waals surface area contributed by atoms with Crippen molar-refractivity contribution in [1.29, 1.82) is 0 Å². The van der Waals surface area contributed by atoms with Gasteiger partial charge in [0, 0.05) is 22.8 Å².